The highest BCUT2D eigenvalue weighted by molar-refractivity contribution is 5.93. The molecule has 2 aliphatic carbocycles. The minimum absolute atomic E-state index is 0. The van der Waals surface area contributed by atoms with Crippen molar-refractivity contribution in [1.29, 1.82) is 0 Å². The molecule has 2 bridgehead atoms. The lowest BCUT2D eigenvalue weighted by atomic mass is 9.84. The molecule has 0 aliphatic heterocycles. The SMILES string of the molecule is Cl.NC1C2CCC(C2)C1C(=O)Nc1cccc(F)c1F. The van der Waals surface area contributed by atoms with Gasteiger partial charge in [-0.2, -0.15) is 0 Å². The highest BCUT2D eigenvalue weighted by Crippen LogP contribution is 2.47. The second-order valence-electron chi connectivity index (χ2n) is 5.53. The largest absolute Gasteiger partial charge is 0.327 e. The fourth-order valence-electron chi connectivity index (χ4n) is 3.54. The van der Waals surface area contributed by atoms with Crippen molar-refractivity contribution < 1.29 is 13.6 Å². The van der Waals surface area contributed by atoms with Gasteiger partial charge in [0, 0.05) is 6.04 Å². The Kier molecular flexibility index (Phi) is 4.30. The predicted octanol–water partition coefficient (Wildman–Crippen LogP) is 2.70. The molecule has 3 N–H and O–H groups in total. The van der Waals surface area contributed by atoms with Gasteiger partial charge >= 0.3 is 0 Å². The van der Waals surface area contributed by atoms with Crippen LogP contribution in [-0.4, -0.2) is 11.9 Å². The van der Waals surface area contributed by atoms with E-state index in [4.69, 9.17) is 5.73 Å². The maximum absolute atomic E-state index is 13.5. The summed E-state index contributed by atoms with van der Waals surface area (Å²) in [6, 6.07) is 3.59. The van der Waals surface area contributed by atoms with Crippen molar-refractivity contribution in [3.63, 3.8) is 0 Å². The maximum atomic E-state index is 13.5. The number of hydrogen-bond acceptors (Lipinski definition) is 2. The summed E-state index contributed by atoms with van der Waals surface area (Å²) >= 11 is 0. The Morgan fingerprint density at radius 3 is 2.60 bits per heavy atom. The molecule has 4 atom stereocenters. The van der Waals surface area contributed by atoms with E-state index in [1.54, 1.807) is 0 Å². The summed E-state index contributed by atoms with van der Waals surface area (Å²) in [5.74, 6) is -1.86. The fourth-order valence-corrected chi connectivity index (χ4v) is 3.54. The van der Waals surface area contributed by atoms with Crippen LogP contribution in [0.15, 0.2) is 18.2 Å². The lowest BCUT2D eigenvalue weighted by molar-refractivity contribution is -0.121. The van der Waals surface area contributed by atoms with Crippen LogP contribution in [0.1, 0.15) is 19.3 Å². The van der Waals surface area contributed by atoms with Crippen molar-refractivity contribution in [3.05, 3.63) is 29.8 Å². The highest BCUT2D eigenvalue weighted by atomic mass is 35.5. The molecule has 110 valence electrons. The van der Waals surface area contributed by atoms with Crippen LogP contribution in [0.2, 0.25) is 0 Å². The lowest BCUT2D eigenvalue weighted by Gasteiger charge is -2.27. The number of halogens is 3. The van der Waals surface area contributed by atoms with Crippen molar-refractivity contribution in [2.24, 2.45) is 23.5 Å². The standard InChI is InChI=1S/C14H16F2N2O.ClH/c15-9-2-1-3-10(12(9)16)18-14(19)11-7-4-5-8(6-7)13(11)17;/h1-3,7-8,11,13H,4-6,17H2,(H,18,19);1H. The van der Waals surface area contributed by atoms with Gasteiger partial charge in [0.05, 0.1) is 11.6 Å². The smallest absolute Gasteiger partial charge is 0.229 e. The molecule has 2 aliphatic rings. The van der Waals surface area contributed by atoms with Gasteiger partial charge in [0.2, 0.25) is 5.91 Å². The Balaban J connectivity index is 0.00000147. The number of amides is 1. The molecule has 3 nitrogen and oxygen atoms in total. The summed E-state index contributed by atoms with van der Waals surface area (Å²) in [5.41, 5.74) is 5.95. The molecule has 4 unspecified atom stereocenters. The first kappa shape index (κ1) is 15.2. The average Bonchev–Trinajstić information content (AvgIpc) is 2.95. The Hall–Kier alpha value is -1.20. The van der Waals surface area contributed by atoms with Crippen LogP contribution in [0, 0.1) is 29.4 Å². The van der Waals surface area contributed by atoms with E-state index in [-0.39, 0.29) is 41.9 Å². The number of carbonyl (C=O) groups is 1. The fraction of sp³-hybridized carbons (Fsp3) is 0.500. The lowest BCUT2D eigenvalue weighted by Crippen LogP contribution is -2.42. The molecule has 6 heteroatoms. The maximum Gasteiger partial charge on any atom is 0.229 e. The molecule has 0 radical (unpaired) electrons. The first-order valence-electron chi connectivity index (χ1n) is 6.58. The zero-order valence-corrected chi connectivity index (χ0v) is 11.6. The van der Waals surface area contributed by atoms with E-state index in [1.165, 1.54) is 12.1 Å². The van der Waals surface area contributed by atoms with Crippen molar-refractivity contribution in [2.45, 2.75) is 25.3 Å². The first-order chi connectivity index (χ1) is 9.08. The van der Waals surface area contributed by atoms with Gasteiger partial charge < -0.3 is 11.1 Å². The number of hydrogen-bond donors (Lipinski definition) is 2. The summed E-state index contributed by atoms with van der Waals surface area (Å²) in [4.78, 5) is 12.2. The number of rotatable bonds is 2. The van der Waals surface area contributed by atoms with Crippen LogP contribution < -0.4 is 11.1 Å². The molecule has 1 amide bonds. The quantitative estimate of drug-likeness (QED) is 0.882. The van der Waals surface area contributed by atoms with Gasteiger partial charge in [-0.3, -0.25) is 4.79 Å². The van der Waals surface area contributed by atoms with E-state index in [1.807, 2.05) is 0 Å². The second kappa shape index (κ2) is 5.66. The van der Waals surface area contributed by atoms with Crippen LogP contribution >= 0.6 is 12.4 Å². The third kappa shape index (κ3) is 2.40. The molecule has 2 fully saturated rings. The first-order valence-corrected chi connectivity index (χ1v) is 6.58. The summed E-state index contributed by atoms with van der Waals surface area (Å²) in [6.07, 6.45) is 3.05. The van der Waals surface area contributed by atoms with E-state index >= 15 is 0 Å². The van der Waals surface area contributed by atoms with Gasteiger partial charge in [0.15, 0.2) is 11.6 Å². The van der Waals surface area contributed by atoms with E-state index in [0.717, 1.165) is 25.3 Å². The summed E-state index contributed by atoms with van der Waals surface area (Å²) in [5, 5.41) is 2.47. The number of fused-ring (bicyclic) bond motifs is 2. The van der Waals surface area contributed by atoms with E-state index < -0.39 is 11.6 Å². The molecule has 2 saturated carbocycles. The molecule has 1 aromatic rings. The molecular weight excluding hydrogens is 286 g/mol. The molecule has 0 heterocycles. The third-order valence-electron chi connectivity index (χ3n) is 4.49. The van der Waals surface area contributed by atoms with Crippen molar-refractivity contribution >= 4 is 24.0 Å². The number of benzene rings is 1. The van der Waals surface area contributed by atoms with Crippen LogP contribution in [-0.2, 0) is 4.79 Å². The van der Waals surface area contributed by atoms with Crippen LogP contribution in [0.3, 0.4) is 0 Å². The topological polar surface area (TPSA) is 55.1 Å². The van der Waals surface area contributed by atoms with Crippen molar-refractivity contribution in [2.75, 3.05) is 5.32 Å². The number of anilines is 1. The van der Waals surface area contributed by atoms with E-state index in [0.29, 0.717) is 5.92 Å². The summed E-state index contributed by atoms with van der Waals surface area (Å²) in [6.45, 7) is 0. The van der Waals surface area contributed by atoms with Gasteiger partial charge in [-0.15, -0.1) is 12.4 Å². The van der Waals surface area contributed by atoms with Gasteiger partial charge in [0.1, 0.15) is 0 Å². The molecule has 0 saturated heterocycles. The number of nitrogens with two attached hydrogens (primary N) is 1. The van der Waals surface area contributed by atoms with Gasteiger partial charge in [-0.05, 0) is 43.2 Å². The zero-order chi connectivity index (χ0) is 13.6. The highest BCUT2D eigenvalue weighted by Gasteiger charge is 2.49. The summed E-state index contributed by atoms with van der Waals surface area (Å²) < 4.78 is 26.6. The minimum Gasteiger partial charge on any atom is -0.327 e. The van der Waals surface area contributed by atoms with Gasteiger partial charge in [-0.25, -0.2) is 8.78 Å². The van der Waals surface area contributed by atoms with Crippen molar-refractivity contribution in [1.82, 2.24) is 0 Å². The molecular formula is C14H17ClF2N2O. The second-order valence-corrected chi connectivity index (χ2v) is 5.53. The number of carbonyl (C=O) groups excluding carboxylic acids is 1. The Bertz CT molecular complexity index is 524. The Morgan fingerprint density at radius 1 is 1.25 bits per heavy atom. The third-order valence-corrected chi connectivity index (χ3v) is 4.49. The average molecular weight is 303 g/mol. The van der Waals surface area contributed by atoms with Crippen LogP contribution in [0.25, 0.3) is 0 Å². The minimum atomic E-state index is -1.02. The molecule has 1 aromatic carbocycles. The molecule has 3 rings (SSSR count). The van der Waals surface area contributed by atoms with Crippen LogP contribution in [0.5, 0.6) is 0 Å². The monoisotopic (exact) mass is 302 g/mol. The van der Waals surface area contributed by atoms with E-state index in [2.05, 4.69) is 5.32 Å². The predicted molar refractivity (Wildman–Crippen MR) is 74.5 cm³/mol. The van der Waals surface area contributed by atoms with Crippen LogP contribution in [0.4, 0.5) is 14.5 Å². The van der Waals surface area contributed by atoms with Gasteiger partial charge in [-0.1, -0.05) is 6.07 Å². The van der Waals surface area contributed by atoms with Gasteiger partial charge in [0.25, 0.3) is 0 Å². The normalized spacial score (nSPS) is 30.9. The Morgan fingerprint density at radius 2 is 1.95 bits per heavy atom. The number of nitrogens with one attached hydrogen (secondary N) is 1. The molecule has 0 spiro atoms. The summed E-state index contributed by atoms with van der Waals surface area (Å²) in [7, 11) is 0. The Labute approximate surface area is 122 Å². The van der Waals surface area contributed by atoms with Crippen molar-refractivity contribution in [3.8, 4) is 0 Å². The van der Waals surface area contributed by atoms with E-state index in [9.17, 15) is 13.6 Å². The molecule has 20 heavy (non-hydrogen) atoms. The zero-order valence-electron chi connectivity index (χ0n) is 10.8. The molecule has 0 aromatic heterocycles.